The SMILES string of the molecule is COc1cc(-c2cc(C(=O)O)no2)c(OC)c(F)c1OC. The molecule has 8 heteroatoms. The Hall–Kier alpha value is -2.77. The third-order valence-electron chi connectivity index (χ3n) is 2.77. The van der Waals surface area contributed by atoms with E-state index in [1.165, 1.54) is 27.4 Å². The van der Waals surface area contributed by atoms with Gasteiger partial charge in [0.1, 0.15) is 0 Å². The van der Waals surface area contributed by atoms with Crippen molar-refractivity contribution in [3.8, 4) is 28.6 Å². The van der Waals surface area contributed by atoms with Crippen LogP contribution in [0.3, 0.4) is 0 Å². The minimum Gasteiger partial charge on any atom is -0.493 e. The molecule has 1 N–H and O–H groups in total. The highest BCUT2D eigenvalue weighted by atomic mass is 19.1. The number of carbonyl (C=O) groups is 1. The van der Waals surface area contributed by atoms with Gasteiger partial charge in [-0.3, -0.25) is 0 Å². The third-order valence-corrected chi connectivity index (χ3v) is 2.77. The number of nitrogens with zero attached hydrogens (tertiary/aromatic N) is 1. The first-order valence-electron chi connectivity index (χ1n) is 5.72. The molecule has 1 heterocycles. The van der Waals surface area contributed by atoms with Crippen LogP contribution in [0.25, 0.3) is 11.3 Å². The van der Waals surface area contributed by atoms with Crippen LogP contribution in [0.4, 0.5) is 4.39 Å². The van der Waals surface area contributed by atoms with Crippen molar-refractivity contribution in [3.63, 3.8) is 0 Å². The summed E-state index contributed by atoms with van der Waals surface area (Å²) in [6.45, 7) is 0. The van der Waals surface area contributed by atoms with Crippen LogP contribution in [0.15, 0.2) is 16.7 Å². The maximum Gasteiger partial charge on any atom is 0.358 e. The van der Waals surface area contributed by atoms with Crippen LogP contribution in [-0.2, 0) is 0 Å². The summed E-state index contributed by atoms with van der Waals surface area (Å²) in [6.07, 6.45) is 0. The Morgan fingerprint density at radius 1 is 1.19 bits per heavy atom. The Morgan fingerprint density at radius 3 is 2.33 bits per heavy atom. The Labute approximate surface area is 118 Å². The van der Waals surface area contributed by atoms with Gasteiger partial charge in [0.25, 0.3) is 0 Å². The number of aromatic nitrogens is 1. The predicted molar refractivity (Wildman–Crippen MR) is 68.5 cm³/mol. The monoisotopic (exact) mass is 297 g/mol. The number of hydrogen-bond donors (Lipinski definition) is 1. The van der Waals surface area contributed by atoms with E-state index >= 15 is 0 Å². The average Bonchev–Trinajstić information content (AvgIpc) is 2.96. The van der Waals surface area contributed by atoms with Gasteiger partial charge in [0.05, 0.1) is 26.9 Å². The zero-order chi connectivity index (χ0) is 15.6. The number of ether oxygens (including phenoxy) is 3. The smallest absolute Gasteiger partial charge is 0.358 e. The van der Waals surface area contributed by atoms with E-state index in [1.54, 1.807) is 0 Å². The van der Waals surface area contributed by atoms with E-state index in [0.717, 1.165) is 6.07 Å². The molecule has 0 amide bonds. The maximum absolute atomic E-state index is 14.3. The van der Waals surface area contributed by atoms with Gasteiger partial charge in [-0.15, -0.1) is 0 Å². The minimum absolute atomic E-state index is 0.0316. The first kappa shape index (κ1) is 14.6. The number of rotatable bonds is 5. The number of methoxy groups -OCH3 is 3. The molecule has 7 nitrogen and oxygen atoms in total. The van der Waals surface area contributed by atoms with Crippen molar-refractivity contribution in [1.82, 2.24) is 5.16 Å². The summed E-state index contributed by atoms with van der Waals surface area (Å²) < 4.78 is 34.2. The van der Waals surface area contributed by atoms with Gasteiger partial charge in [-0.25, -0.2) is 4.79 Å². The molecule has 0 fully saturated rings. The average molecular weight is 297 g/mol. The van der Waals surface area contributed by atoms with E-state index in [-0.39, 0.29) is 34.3 Å². The maximum atomic E-state index is 14.3. The molecule has 2 aromatic rings. The van der Waals surface area contributed by atoms with Crippen LogP contribution < -0.4 is 14.2 Å². The van der Waals surface area contributed by atoms with Crippen molar-refractivity contribution in [2.45, 2.75) is 0 Å². The lowest BCUT2D eigenvalue weighted by Gasteiger charge is -2.14. The highest BCUT2D eigenvalue weighted by Gasteiger charge is 2.24. The molecular formula is C13H12FNO6. The van der Waals surface area contributed by atoms with Crippen molar-refractivity contribution in [1.29, 1.82) is 0 Å². The zero-order valence-electron chi connectivity index (χ0n) is 11.5. The van der Waals surface area contributed by atoms with E-state index in [1.807, 2.05) is 0 Å². The van der Waals surface area contributed by atoms with Gasteiger partial charge in [-0.2, -0.15) is 4.39 Å². The van der Waals surface area contributed by atoms with Crippen LogP contribution in [0.2, 0.25) is 0 Å². The molecule has 112 valence electrons. The second kappa shape index (κ2) is 5.70. The molecule has 0 unspecified atom stereocenters. The minimum atomic E-state index is -1.26. The number of hydrogen-bond acceptors (Lipinski definition) is 6. The number of aromatic carboxylic acids is 1. The molecule has 2 rings (SSSR count). The molecule has 21 heavy (non-hydrogen) atoms. The Bertz CT molecular complexity index is 682. The van der Waals surface area contributed by atoms with Crippen molar-refractivity contribution in [2.75, 3.05) is 21.3 Å². The summed E-state index contributed by atoms with van der Waals surface area (Å²) in [6, 6.07) is 2.57. The first-order valence-corrected chi connectivity index (χ1v) is 5.72. The normalized spacial score (nSPS) is 10.3. The highest BCUT2D eigenvalue weighted by Crippen LogP contribution is 2.43. The third kappa shape index (κ3) is 2.47. The lowest BCUT2D eigenvalue weighted by atomic mass is 10.1. The molecule has 0 spiro atoms. The van der Waals surface area contributed by atoms with Crippen LogP contribution in [0.1, 0.15) is 10.5 Å². The van der Waals surface area contributed by atoms with E-state index in [9.17, 15) is 9.18 Å². The molecule has 0 aliphatic carbocycles. The van der Waals surface area contributed by atoms with E-state index in [0.29, 0.717) is 0 Å². The summed E-state index contributed by atoms with van der Waals surface area (Å²) in [4.78, 5) is 10.8. The lowest BCUT2D eigenvalue weighted by molar-refractivity contribution is 0.0686. The predicted octanol–water partition coefficient (Wildman–Crippen LogP) is 2.20. The second-order valence-electron chi connectivity index (χ2n) is 3.89. The van der Waals surface area contributed by atoms with Crippen molar-refractivity contribution in [3.05, 3.63) is 23.6 Å². The first-order chi connectivity index (χ1) is 10.0. The largest absolute Gasteiger partial charge is 0.493 e. The van der Waals surface area contributed by atoms with Gasteiger partial charge in [-0.1, -0.05) is 5.16 Å². The van der Waals surface area contributed by atoms with Crippen molar-refractivity contribution < 1.29 is 33.0 Å². The summed E-state index contributed by atoms with van der Waals surface area (Å²) in [5, 5.41) is 12.2. The van der Waals surface area contributed by atoms with E-state index < -0.39 is 11.8 Å². The molecule has 0 aliphatic heterocycles. The van der Waals surface area contributed by atoms with Gasteiger partial charge in [0.15, 0.2) is 23.0 Å². The molecular weight excluding hydrogens is 285 g/mol. The summed E-state index contributed by atoms with van der Waals surface area (Å²) in [5.74, 6) is -2.20. The zero-order valence-corrected chi connectivity index (χ0v) is 11.5. The topological polar surface area (TPSA) is 91.0 Å². The summed E-state index contributed by atoms with van der Waals surface area (Å²) in [7, 11) is 3.90. The molecule has 1 aromatic heterocycles. The number of benzene rings is 1. The van der Waals surface area contributed by atoms with Crippen molar-refractivity contribution in [2.24, 2.45) is 0 Å². The van der Waals surface area contributed by atoms with Gasteiger partial charge < -0.3 is 23.8 Å². The Morgan fingerprint density at radius 2 is 1.86 bits per heavy atom. The molecule has 0 atom stereocenters. The molecule has 0 bridgehead atoms. The molecule has 1 aromatic carbocycles. The van der Waals surface area contributed by atoms with E-state index in [2.05, 4.69) is 5.16 Å². The standard InChI is InChI=1S/C13H12FNO6/c1-18-9-4-6(8-5-7(13(16)17)15-21-8)11(19-2)10(14)12(9)20-3/h4-5H,1-3H3,(H,16,17). The summed E-state index contributed by atoms with van der Waals surface area (Å²) in [5.41, 5.74) is -0.144. The van der Waals surface area contributed by atoms with Gasteiger partial charge in [-0.05, 0) is 6.07 Å². The van der Waals surface area contributed by atoms with Gasteiger partial charge in [0.2, 0.25) is 11.6 Å². The molecule has 0 saturated heterocycles. The number of carboxylic acid groups (broad SMARTS) is 1. The fourth-order valence-corrected chi connectivity index (χ4v) is 1.82. The number of halogens is 1. The number of carboxylic acids is 1. The lowest BCUT2D eigenvalue weighted by Crippen LogP contribution is -1.99. The van der Waals surface area contributed by atoms with Crippen LogP contribution in [0.5, 0.6) is 17.2 Å². The van der Waals surface area contributed by atoms with Crippen LogP contribution in [0, 0.1) is 5.82 Å². The molecule has 0 radical (unpaired) electrons. The van der Waals surface area contributed by atoms with Crippen LogP contribution in [-0.4, -0.2) is 37.6 Å². The van der Waals surface area contributed by atoms with Crippen molar-refractivity contribution >= 4 is 5.97 Å². The molecule has 0 saturated carbocycles. The quantitative estimate of drug-likeness (QED) is 0.904. The summed E-state index contributed by atoms with van der Waals surface area (Å²) >= 11 is 0. The highest BCUT2D eigenvalue weighted by molar-refractivity contribution is 5.87. The Balaban J connectivity index is 2.66. The van der Waals surface area contributed by atoms with Gasteiger partial charge >= 0.3 is 5.97 Å². The van der Waals surface area contributed by atoms with Crippen LogP contribution >= 0.6 is 0 Å². The Kier molecular flexibility index (Phi) is 3.97. The fourth-order valence-electron chi connectivity index (χ4n) is 1.82. The van der Waals surface area contributed by atoms with E-state index in [4.69, 9.17) is 23.8 Å². The molecule has 0 aliphatic rings. The fraction of sp³-hybridized carbons (Fsp3) is 0.231. The second-order valence-corrected chi connectivity index (χ2v) is 3.89. The van der Waals surface area contributed by atoms with Gasteiger partial charge in [0, 0.05) is 6.07 Å².